The molecule has 0 saturated heterocycles. The Hall–Kier alpha value is -2.15. The van der Waals surface area contributed by atoms with E-state index in [1.54, 1.807) is 7.05 Å². The molecule has 7 heteroatoms. The summed E-state index contributed by atoms with van der Waals surface area (Å²) in [6.45, 7) is 0.663. The number of aliphatic hydroxyl groups is 1. The zero-order chi connectivity index (χ0) is 13.9. The molecule has 1 heterocycles. The van der Waals surface area contributed by atoms with Crippen molar-refractivity contribution in [1.82, 2.24) is 9.88 Å². The quantitative estimate of drug-likeness (QED) is 0.608. The highest BCUT2D eigenvalue weighted by Gasteiger charge is 2.21. The number of nitrogens with zero attached hydrogens (tertiary/aromatic N) is 1. The normalized spacial score (nSPS) is 11.9. The van der Waals surface area contributed by atoms with E-state index in [4.69, 9.17) is 10.2 Å². The highest BCUT2D eigenvalue weighted by Crippen LogP contribution is 2.08. The van der Waals surface area contributed by atoms with Gasteiger partial charge in [-0.15, -0.1) is 0 Å². The SMILES string of the molecule is CC(=O)c1cc(C(=O)NC(CO)C(=O)O)n(C)c1. The van der Waals surface area contributed by atoms with Gasteiger partial charge in [0.15, 0.2) is 11.8 Å². The number of rotatable bonds is 5. The van der Waals surface area contributed by atoms with Gasteiger partial charge >= 0.3 is 5.97 Å². The van der Waals surface area contributed by atoms with Crippen molar-refractivity contribution in [3.8, 4) is 0 Å². The summed E-state index contributed by atoms with van der Waals surface area (Å²) in [4.78, 5) is 33.6. The minimum atomic E-state index is -1.37. The van der Waals surface area contributed by atoms with E-state index in [0.717, 1.165) is 0 Å². The van der Waals surface area contributed by atoms with Crippen LogP contribution >= 0.6 is 0 Å². The number of hydrogen-bond acceptors (Lipinski definition) is 4. The molecule has 3 N–H and O–H groups in total. The number of carbonyl (C=O) groups excluding carboxylic acids is 2. The third-order valence-corrected chi connectivity index (χ3v) is 2.43. The highest BCUT2D eigenvalue weighted by molar-refractivity contribution is 6.00. The Morgan fingerprint density at radius 1 is 1.44 bits per heavy atom. The monoisotopic (exact) mass is 254 g/mol. The molecule has 1 aromatic rings. The molecule has 0 aliphatic carbocycles. The van der Waals surface area contributed by atoms with Gasteiger partial charge in [-0.3, -0.25) is 9.59 Å². The molecular formula is C11H14N2O5. The van der Waals surface area contributed by atoms with Crippen molar-refractivity contribution in [3.05, 3.63) is 23.5 Å². The number of hydrogen-bond donors (Lipinski definition) is 3. The van der Waals surface area contributed by atoms with Gasteiger partial charge in [0.05, 0.1) is 6.61 Å². The second-order valence-corrected chi connectivity index (χ2v) is 3.83. The van der Waals surface area contributed by atoms with Gasteiger partial charge in [0.2, 0.25) is 0 Å². The van der Waals surface area contributed by atoms with Crippen molar-refractivity contribution in [2.45, 2.75) is 13.0 Å². The molecule has 0 bridgehead atoms. The Morgan fingerprint density at radius 2 is 2.06 bits per heavy atom. The van der Waals surface area contributed by atoms with E-state index in [0.29, 0.717) is 5.56 Å². The fraction of sp³-hybridized carbons (Fsp3) is 0.364. The lowest BCUT2D eigenvalue weighted by Gasteiger charge is -2.11. The molecule has 1 unspecified atom stereocenters. The summed E-state index contributed by atoms with van der Waals surface area (Å²) in [6.07, 6.45) is 1.48. The molecule has 1 rings (SSSR count). The first-order valence-corrected chi connectivity index (χ1v) is 5.18. The first-order chi connectivity index (χ1) is 8.36. The Labute approximate surface area is 103 Å². The smallest absolute Gasteiger partial charge is 0.328 e. The van der Waals surface area contributed by atoms with Crippen LogP contribution in [0, 0.1) is 0 Å². The van der Waals surface area contributed by atoms with Crippen molar-refractivity contribution in [2.75, 3.05) is 6.61 Å². The van der Waals surface area contributed by atoms with E-state index in [2.05, 4.69) is 5.32 Å². The maximum atomic E-state index is 11.8. The second kappa shape index (κ2) is 5.46. The van der Waals surface area contributed by atoms with E-state index in [1.807, 2.05) is 0 Å². The van der Waals surface area contributed by atoms with Gasteiger partial charge in [-0.2, -0.15) is 0 Å². The van der Waals surface area contributed by atoms with Crippen LogP contribution in [0.5, 0.6) is 0 Å². The van der Waals surface area contributed by atoms with Gasteiger partial charge in [0, 0.05) is 18.8 Å². The summed E-state index contributed by atoms with van der Waals surface area (Å²) in [5.41, 5.74) is 0.512. The first-order valence-electron chi connectivity index (χ1n) is 5.18. The molecule has 98 valence electrons. The predicted molar refractivity (Wildman–Crippen MR) is 61.4 cm³/mol. The van der Waals surface area contributed by atoms with E-state index in [9.17, 15) is 14.4 Å². The number of aromatic nitrogens is 1. The number of nitrogens with one attached hydrogen (secondary N) is 1. The number of aryl methyl sites for hydroxylation is 1. The van der Waals surface area contributed by atoms with Crippen LogP contribution in [0.25, 0.3) is 0 Å². The molecule has 1 amide bonds. The van der Waals surface area contributed by atoms with Gasteiger partial charge in [-0.25, -0.2) is 4.79 Å². The van der Waals surface area contributed by atoms with Crippen molar-refractivity contribution in [3.63, 3.8) is 0 Å². The number of carboxylic acids is 1. The average molecular weight is 254 g/mol. The summed E-state index contributed by atoms with van der Waals surface area (Å²) in [7, 11) is 1.57. The van der Waals surface area contributed by atoms with Gasteiger partial charge < -0.3 is 20.1 Å². The molecule has 0 aromatic carbocycles. The van der Waals surface area contributed by atoms with Gasteiger partial charge in [0.25, 0.3) is 5.91 Å². The third-order valence-electron chi connectivity index (χ3n) is 2.43. The Morgan fingerprint density at radius 3 is 2.44 bits per heavy atom. The van der Waals surface area contributed by atoms with Crippen LogP contribution in [0.15, 0.2) is 12.3 Å². The first kappa shape index (κ1) is 13.9. The summed E-state index contributed by atoms with van der Waals surface area (Å²) in [5, 5.41) is 19.6. The molecule has 18 heavy (non-hydrogen) atoms. The number of carbonyl (C=O) groups is 3. The zero-order valence-electron chi connectivity index (χ0n) is 10.0. The largest absolute Gasteiger partial charge is 0.480 e. The Balaban J connectivity index is 2.90. The maximum absolute atomic E-state index is 11.8. The molecule has 1 aromatic heterocycles. The topological polar surface area (TPSA) is 109 Å². The predicted octanol–water partition coefficient (Wildman–Crippen LogP) is -0.597. The summed E-state index contributed by atoms with van der Waals surface area (Å²) < 4.78 is 1.42. The minimum Gasteiger partial charge on any atom is -0.480 e. The lowest BCUT2D eigenvalue weighted by Crippen LogP contribution is -2.43. The highest BCUT2D eigenvalue weighted by atomic mass is 16.4. The van der Waals surface area contributed by atoms with Gasteiger partial charge in [0.1, 0.15) is 5.69 Å². The van der Waals surface area contributed by atoms with E-state index in [1.165, 1.54) is 23.8 Å². The van der Waals surface area contributed by atoms with Crippen molar-refractivity contribution in [2.24, 2.45) is 7.05 Å². The molecule has 1 atom stereocenters. The molecule has 0 spiro atoms. The molecule has 0 radical (unpaired) electrons. The van der Waals surface area contributed by atoms with E-state index >= 15 is 0 Å². The molecule has 0 saturated carbocycles. The van der Waals surface area contributed by atoms with E-state index < -0.39 is 24.5 Å². The summed E-state index contributed by atoms with van der Waals surface area (Å²) in [6, 6.07) is 0.00157. The van der Waals surface area contributed by atoms with Crippen LogP contribution in [-0.2, 0) is 11.8 Å². The molecule has 7 nitrogen and oxygen atoms in total. The Kier molecular flexibility index (Phi) is 4.22. The van der Waals surface area contributed by atoms with Crippen molar-refractivity contribution in [1.29, 1.82) is 0 Å². The summed E-state index contributed by atoms with van der Waals surface area (Å²) in [5.74, 6) is -2.18. The fourth-order valence-electron chi connectivity index (χ4n) is 1.40. The average Bonchev–Trinajstić information content (AvgIpc) is 2.67. The van der Waals surface area contributed by atoms with Crippen LogP contribution in [0.2, 0.25) is 0 Å². The van der Waals surface area contributed by atoms with Crippen LogP contribution < -0.4 is 5.32 Å². The van der Waals surface area contributed by atoms with Crippen LogP contribution in [-0.4, -0.2) is 45.1 Å². The summed E-state index contributed by atoms with van der Waals surface area (Å²) >= 11 is 0. The van der Waals surface area contributed by atoms with Gasteiger partial charge in [-0.1, -0.05) is 0 Å². The number of ketones is 1. The standard InChI is InChI=1S/C11H14N2O5/c1-6(15)7-3-9(13(2)4-7)10(16)12-8(5-14)11(17)18/h3-4,8,14H,5H2,1-2H3,(H,12,16)(H,17,18). The lowest BCUT2D eigenvalue weighted by atomic mass is 10.2. The second-order valence-electron chi connectivity index (χ2n) is 3.83. The van der Waals surface area contributed by atoms with Crippen LogP contribution in [0.1, 0.15) is 27.8 Å². The number of aliphatic carboxylic acids is 1. The number of aliphatic hydroxyl groups excluding tert-OH is 1. The van der Waals surface area contributed by atoms with Gasteiger partial charge in [-0.05, 0) is 13.0 Å². The lowest BCUT2D eigenvalue weighted by molar-refractivity contribution is -0.140. The number of amides is 1. The minimum absolute atomic E-state index is 0.153. The molecule has 0 aliphatic rings. The molecule has 0 aliphatic heterocycles. The van der Waals surface area contributed by atoms with Crippen molar-refractivity contribution < 1.29 is 24.6 Å². The molecule has 0 fully saturated rings. The van der Waals surface area contributed by atoms with E-state index in [-0.39, 0.29) is 11.5 Å². The number of Topliss-reactive ketones (excluding diaryl/α,β-unsaturated/α-hetero) is 1. The zero-order valence-corrected chi connectivity index (χ0v) is 10.0. The fourth-order valence-corrected chi connectivity index (χ4v) is 1.40. The number of carboxylic acid groups (broad SMARTS) is 1. The maximum Gasteiger partial charge on any atom is 0.328 e. The van der Waals surface area contributed by atoms with Crippen LogP contribution in [0.3, 0.4) is 0 Å². The molecular weight excluding hydrogens is 240 g/mol. The van der Waals surface area contributed by atoms with Crippen molar-refractivity contribution >= 4 is 17.7 Å². The third kappa shape index (κ3) is 2.95. The van der Waals surface area contributed by atoms with Crippen LogP contribution in [0.4, 0.5) is 0 Å². The Bertz CT molecular complexity index is 492.